The molecule has 0 fully saturated rings. The molecule has 0 saturated carbocycles. The smallest absolute Gasteiger partial charge is 0.228 e. The largest absolute Gasteiger partial charge is 0.493 e. The van der Waals surface area contributed by atoms with Crippen LogP contribution in [0.1, 0.15) is 37.3 Å². The molecular weight excluding hydrogens is 504 g/mol. The number of aromatic nitrogens is 2. The molecule has 1 N–H and O–H groups in total. The molecule has 1 heterocycles. The van der Waals surface area contributed by atoms with Gasteiger partial charge in [-0.25, -0.2) is 0 Å². The SMILES string of the molecule is CC[C@H](C)c1ccc(OCCOc2c(Cl)cc(/C=N\Nc3cc(N(C)C)nc(N(C)C)n3)cc2OC)cc1. The minimum Gasteiger partial charge on any atom is -0.493 e. The lowest BCUT2D eigenvalue weighted by Crippen LogP contribution is -2.17. The minimum absolute atomic E-state index is 0.314. The molecule has 0 aliphatic carbocycles. The van der Waals surface area contributed by atoms with E-state index in [0.717, 1.165) is 23.6 Å². The van der Waals surface area contributed by atoms with Gasteiger partial charge in [0.2, 0.25) is 5.95 Å². The van der Waals surface area contributed by atoms with E-state index in [1.807, 2.05) is 56.2 Å². The van der Waals surface area contributed by atoms with Gasteiger partial charge in [-0.2, -0.15) is 15.1 Å². The monoisotopic (exact) mass is 540 g/mol. The number of rotatable bonds is 13. The Morgan fingerprint density at radius 3 is 2.34 bits per heavy atom. The van der Waals surface area contributed by atoms with E-state index in [4.69, 9.17) is 25.8 Å². The summed E-state index contributed by atoms with van der Waals surface area (Å²) >= 11 is 6.52. The summed E-state index contributed by atoms with van der Waals surface area (Å²) in [5.74, 6) is 4.20. The highest BCUT2D eigenvalue weighted by atomic mass is 35.5. The summed E-state index contributed by atoms with van der Waals surface area (Å²) < 4.78 is 17.2. The summed E-state index contributed by atoms with van der Waals surface area (Å²) in [5.41, 5.74) is 5.00. The van der Waals surface area contributed by atoms with E-state index >= 15 is 0 Å². The van der Waals surface area contributed by atoms with E-state index in [9.17, 15) is 0 Å². The highest BCUT2D eigenvalue weighted by Crippen LogP contribution is 2.36. The summed E-state index contributed by atoms with van der Waals surface area (Å²) in [7, 11) is 9.18. The summed E-state index contributed by atoms with van der Waals surface area (Å²) in [6, 6.07) is 13.6. The molecule has 0 radical (unpaired) electrons. The fraction of sp³-hybridized carbons (Fsp3) is 0.393. The lowest BCUT2D eigenvalue weighted by atomic mass is 9.99. The molecule has 0 amide bonds. The van der Waals surface area contributed by atoms with Crippen molar-refractivity contribution >= 4 is 35.4 Å². The Balaban J connectivity index is 1.61. The highest BCUT2D eigenvalue weighted by Gasteiger charge is 2.12. The fourth-order valence-corrected chi connectivity index (χ4v) is 3.74. The van der Waals surface area contributed by atoms with Crippen LogP contribution in [0.3, 0.4) is 0 Å². The topological polar surface area (TPSA) is 84.3 Å². The molecule has 0 aliphatic rings. The Labute approximate surface area is 230 Å². The molecule has 38 heavy (non-hydrogen) atoms. The van der Waals surface area contributed by atoms with Crippen LogP contribution in [0.5, 0.6) is 17.2 Å². The number of methoxy groups -OCH3 is 1. The predicted octanol–water partition coefficient (Wildman–Crippen LogP) is 5.69. The quantitative estimate of drug-likeness (QED) is 0.168. The van der Waals surface area contributed by atoms with Gasteiger partial charge in [0.05, 0.1) is 18.3 Å². The maximum Gasteiger partial charge on any atom is 0.228 e. The summed E-state index contributed by atoms with van der Waals surface area (Å²) in [4.78, 5) is 12.7. The molecule has 1 atom stereocenters. The Hall–Kier alpha value is -3.72. The van der Waals surface area contributed by atoms with Crippen molar-refractivity contribution in [1.29, 1.82) is 0 Å². The van der Waals surface area contributed by atoms with Crippen LogP contribution in [0.15, 0.2) is 47.6 Å². The van der Waals surface area contributed by atoms with Crippen LogP contribution >= 0.6 is 11.6 Å². The van der Waals surface area contributed by atoms with Crippen LogP contribution in [-0.2, 0) is 0 Å². The first-order valence-corrected chi connectivity index (χ1v) is 12.9. The van der Waals surface area contributed by atoms with Gasteiger partial charge >= 0.3 is 0 Å². The van der Waals surface area contributed by atoms with Gasteiger partial charge in [0, 0.05) is 34.3 Å². The molecule has 0 spiro atoms. The first kappa shape index (κ1) is 28.8. The van der Waals surface area contributed by atoms with Crippen molar-refractivity contribution in [2.75, 3.05) is 63.7 Å². The number of ether oxygens (including phenoxy) is 3. The summed E-state index contributed by atoms with van der Waals surface area (Å²) in [5, 5.41) is 4.73. The van der Waals surface area contributed by atoms with E-state index in [2.05, 4.69) is 46.5 Å². The molecule has 0 aliphatic heterocycles. The first-order chi connectivity index (χ1) is 18.2. The second-order valence-corrected chi connectivity index (χ2v) is 9.59. The van der Waals surface area contributed by atoms with Crippen LogP contribution in [0.2, 0.25) is 5.02 Å². The predicted molar refractivity (Wildman–Crippen MR) is 156 cm³/mol. The Morgan fingerprint density at radius 1 is 1.00 bits per heavy atom. The van der Waals surface area contributed by atoms with Gasteiger partial charge in [0.15, 0.2) is 17.3 Å². The molecule has 0 saturated heterocycles. The van der Waals surface area contributed by atoms with Crippen LogP contribution in [0.4, 0.5) is 17.6 Å². The van der Waals surface area contributed by atoms with Crippen molar-refractivity contribution < 1.29 is 14.2 Å². The van der Waals surface area contributed by atoms with Gasteiger partial charge < -0.3 is 24.0 Å². The summed E-state index contributed by atoms with van der Waals surface area (Å²) in [6.07, 6.45) is 2.74. The third kappa shape index (κ3) is 7.89. The number of hydrogen-bond acceptors (Lipinski definition) is 9. The molecule has 10 heteroatoms. The fourth-order valence-electron chi connectivity index (χ4n) is 3.47. The molecule has 0 unspecified atom stereocenters. The molecule has 0 bridgehead atoms. The number of benzene rings is 2. The molecule has 204 valence electrons. The van der Waals surface area contributed by atoms with Gasteiger partial charge in [-0.3, -0.25) is 5.43 Å². The molecular formula is C28H37ClN6O3. The van der Waals surface area contributed by atoms with Crippen LogP contribution in [0, 0.1) is 0 Å². The lowest BCUT2D eigenvalue weighted by molar-refractivity contribution is 0.211. The van der Waals surface area contributed by atoms with Gasteiger partial charge in [0.25, 0.3) is 0 Å². The Bertz CT molecular complexity index is 1190. The first-order valence-electron chi connectivity index (χ1n) is 12.5. The number of hydrazone groups is 1. The number of nitrogens with one attached hydrogen (secondary N) is 1. The van der Waals surface area contributed by atoms with E-state index in [0.29, 0.717) is 47.4 Å². The lowest BCUT2D eigenvalue weighted by Gasteiger charge is -2.17. The number of hydrogen-bond donors (Lipinski definition) is 1. The van der Waals surface area contributed by atoms with Crippen LogP contribution in [-0.4, -0.2) is 64.7 Å². The average Bonchev–Trinajstić information content (AvgIpc) is 2.91. The zero-order chi connectivity index (χ0) is 27.7. The van der Waals surface area contributed by atoms with Gasteiger partial charge in [0.1, 0.15) is 24.8 Å². The highest BCUT2D eigenvalue weighted by molar-refractivity contribution is 6.32. The molecule has 3 aromatic rings. The third-order valence-electron chi connectivity index (χ3n) is 5.86. The second kappa shape index (κ2) is 13.7. The van der Waals surface area contributed by atoms with E-state index < -0.39 is 0 Å². The third-order valence-corrected chi connectivity index (χ3v) is 6.14. The summed E-state index contributed by atoms with van der Waals surface area (Å²) in [6.45, 7) is 5.09. The van der Waals surface area contributed by atoms with Crippen molar-refractivity contribution in [2.24, 2.45) is 5.10 Å². The average molecular weight is 541 g/mol. The van der Waals surface area contributed by atoms with E-state index in [1.54, 1.807) is 25.5 Å². The minimum atomic E-state index is 0.314. The molecule has 9 nitrogen and oxygen atoms in total. The van der Waals surface area contributed by atoms with Crippen molar-refractivity contribution in [3.8, 4) is 17.2 Å². The Kier molecular flexibility index (Phi) is 10.4. The van der Waals surface area contributed by atoms with Gasteiger partial charge in [-0.05, 0) is 47.7 Å². The van der Waals surface area contributed by atoms with Gasteiger partial charge in [-0.1, -0.05) is 37.6 Å². The van der Waals surface area contributed by atoms with Crippen molar-refractivity contribution in [2.45, 2.75) is 26.2 Å². The number of anilines is 3. The standard InChI is InChI=1S/C28H37ClN6O3/c1-8-19(2)21-9-11-22(12-10-21)37-13-14-38-27-23(29)15-20(16-24(27)36-7)18-30-33-25-17-26(34(3)4)32-28(31-25)35(5)6/h9-12,15-19H,8,13-14H2,1-7H3,(H,31,32,33)/b30-18-/t19-/m0/s1. The second-order valence-electron chi connectivity index (χ2n) is 9.18. The number of halogens is 1. The zero-order valence-electron chi connectivity index (χ0n) is 23.2. The maximum atomic E-state index is 6.52. The van der Waals surface area contributed by atoms with E-state index in [1.165, 1.54) is 5.56 Å². The Morgan fingerprint density at radius 2 is 1.71 bits per heavy atom. The van der Waals surface area contributed by atoms with Gasteiger partial charge in [-0.15, -0.1) is 0 Å². The van der Waals surface area contributed by atoms with Crippen LogP contribution in [0.25, 0.3) is 0 Å². The van der Waals surface area contributed by atoms with Crippen LogP contribution < -0.4 is 29.4 Å². The van der Waals surface area contributed by atoms with E-state index in [-0.39, 0.29) is 0 Å². The normalized spacial score (nSPS) is 11.8. The maximum absolute atomic E-state index is 6.52. The van der Waals surface area contributed by atoms with Crippen molar-refractivity contribution in [3.63, 3.8) is 0 Å². The molecule has 3 rings (SSSR count). The zero-order valence-corrected chi connectivity index (χ0v) is 23.9. The molecule has 2 aromatic carbocycles. The molecule has 1 aromatic heterocycles. The van der Waals surface area contributed by atoms with Crippen molar-refractivity contribution in [1.82, 2.24) is 9.97 Å². The van der Waals surface area contributed by atoms with Crippen molar-refractivity contribution in [3.05, 3.63) is 58.6 Å². The number of nitrogens with zero attached hydrogens (tertiary/aromatic N) is 5.